The van der Waals surface area contributed by atoms with Gasteiger partial charge in [0.1, 0.15) is 0 Å². The van der Waals surface area contributed by atoms with Gasteiger partial charge in [0, 0.05) is 39.1 Å². The van der Waals surface area contributed by atoms with Crippen molar-refractivity contribution < 1.29 is 30.0 Å². The van der Waals surface area contributed by atoms with Gasteiger partial charge in [0.15, 0.2) is 0 Å². The van der Waals surface area contributed by atoms with E-state index in [4.69, 9.17) is 4.55 Å². The molecule has 4 aromatic rings. The van der Waals surface area contributed by atoms with E-state index in [9.17, 15) is 8.42 Å². The van der Waals surface area contributed by atoms with E-state index in [2.05, 4.69) is 56.3 Å². The quantitative estimate of drug-likeness (QED) is 0.152. The molecule has 6 rings (SSSR count). The first kappa shape index (κ1) is 24.4. The molecule has 0 aliphatic carbocycles. The van der Waals surface area contributed by atoms with Crippen molar-refractivity contribution in [3.63, 3.8) is 0 Å². The van der Waals surface area contributed by atoms with Crippen molar-refractivity contribution in [1.82, 2.24) is 19.9 Å². The largest absolute Gasteiger partial charge is 0.355 e. The second-order valence-corrected chi connectivity index (χ2v) is 9.00. The molecule has 3 N–H and O–H groups in total. The van der Waals surface area contributed by atoms with Gasteiger partial charge < -0.3 is 9.97 Å². The molecule has 175 valence electrons. The minimum absolute atomic E-state index is 0. The normalized spacial score (nSPS) is 11.9. The topological polar surface area (TPSA) is 112 Å². The number of nitrogens with one attached hydrogen (secondary N) is 2. The third-order valence-corrected chi connectivity index (χ3v) is 5.81. The van der Waals surface area contributed by atoms with E-state index in [0.29, 0.717) is 0 Å². The van der Waals surface area contributed by atoms with Crippen molar-refractivity contribution in [3.05, 3.63) is 102 Å². The van der Waals surface area contributed by atoms with Crippen LogP contribution in [-0.4, -0.2) is 32.9 Å². The first-order valence-electron chi connectivity index (χ1n) is 10.4. The van der Waals surface area contributed by atoms with Gasteiger partial charge in [-0.3, -0.25) is 4.55 Å². The summed E-state index contributed by atoms with van der Waals surface area (Å²) in [5.74, 6) is 0. The van der Waals surface area contributed by atoms with Crippen molar-refractivity contribution in [2.45, 2.75) is 4.90 Å². The number of hydrogen-bond acceptors (Lipinski definition) is 4. The van der Waals surface area contributed by atoms with Crippen LogP contribution in [0.2, 0.25) is 0 Å². The Kier molecular flexibility index (Phi) is 7.14. The second-order valence-electron chi connectivity index (χ2n) is 7.61. The molecule has 0 atom stereocenters. The molecule has 0 spiro atoms. The van der Waals surface area contributed by atoms with E-state index >= 15 is 0 Å². The van der Waals surface area contributed by atoms with Crippen LogP contribution in [0.1, 0.15) is 22.8 Å². The van der Waals surface area contributed by atoms with Crippen LogP contribution < -0.4 is 0 Å². The van der Waals surface area contributed by atoms with E-state index in [-0.39, 0.29) is 22.0 Å². The minimum Gasteiger partial charge on any atom is -0.355 e. The number of hydrogen-bond donors (Lipinski definition) is 3. The average molecular weight is 522 g/mol. The smallest absolute Gasteiger partial charge is 0.271 e. The van der Waals surface area contributed by atoms with Crippen LogP contribution in [0.5, 0.6) is 0 Å². The van der Waals surface area contributed by atoms with Crippen molar-refractivity contribution in [2.24, 2.45) is 0 Å². The predicted octanol–water partition coefficient (Wildman–Crippen LogP) is 5.39. The van der Waals surface area contributed by atoms with Gasteiger partial charge in [-0.1, -0.05) is 0 Å². The van der Waals surface area contributed by atoms with E-state index in [1.807, 2.05) is 42.5 Å². The summed E-state index contributed by atoms with van der Waals surface area (Å²) in [7, 11) is -4.06. The summed E-state index contributed by atoms with van der Waals surface area (Å²) in [6, 6.07) is 24.6. The maximum Gasteiger partial charge on any atom is 0.271 e. The molecule has 8 bridgehead atoms. The molecule has 0 unspecified atom stereocenters. The fraction of sp³-hybridized carbons (Fsp3) is 0. The Balaban J connectivity index is 0.000000224. The molecular weight excluding hydrogens is 503 g/mol. The zero-order valence-corrected chi connectivity index (χ0v) is 20.2. The summed E-state index contributed by atoms with van der Waals surface area (Å²) < 4.78 is 29.1. The molecule has 0 saturated carbocycles. The Morgan fingerprint density at radius 1 is 0.657 bits per heavy atom. The van der Waals surface area contributed by atoms with E-state index in [0.717, 1.165) is 44.8 Å². The molecule has 1 radical (unpaired) electrons. The van der Waals surface area contributed by atoms with Crippen LogP contribution in [0.3, 0.4) is 0 Å². The monoisotopic (exact) mass is 522 g/mol. The predicted molar refractivity (Wildman–Crippen MR) is 134 cm³/mol. The van der Waals surface area contributed by atoms with Crippen molar-refractivity contribution in [2.75, 3.05) is 0 Å². The van der Waals surface area contributed by atoms with E-state index in [1.54, 1.807) is 6.07 Å². The molecule has 5 heterocycles. The first-order chi connectivity index (χ1) is 16.4. The number of H-pyrrole nitrogens is 2. The van der Waals surface area contributed by atoms with Gasteiger partial charge in [-0.05, 0) is 77.7 Å². The Bertz CT molecular complexity index is 1600. The zero-order chi connectivity index (χ0) is 23.5. The SMILES string of the molecule is C1=Cc2cc3ccc(cc4ccc(cc5nc(cc1n2)C=C5)[nH]4)[nH]3.O=S(=O)(O)c1[c-]cccc1.[Mn]. The molecule has 3 aromatic heterocycles. The van der Waals surface area contributed by atoms with Crippen molar-refractivity contribution in [1.29, 1.82) is 0 Å². The van der Waals surface area contributed by atoms with Gasteiger partial charge in [0.05, 0.1) is 22.8 Å². The fourth-order valence-electron chi connectivity index (χ4n) is 3.48. The van der Waals surface area contributed by atoms with Crippen LogP contribution in [0.4, 0.5) is 0 Å². The van der Waals surface area contributed by atoms with Crippen LogP contribution in [0.15, 0.2) is 77.7 Å². The molecule has 0 fully saturated rings. The summed E-state index contributed by atoms with van der Waals surface area (Å²) in [4.78, 5) is 15.8. The van der Waals surface area contributed by atoms with Gasteiger partial charge in [0.25, 0.3) is 10.1 Å². The van der Waals surface area contributed by atoms with Gasteiger partial charge in [-0.15, -0.1) is 6.07 Å². The number of aromatic amines is 2. The maximum atomic E-state index is 10.4. The molecule has 2 aliphatic heterocycles. The number of rotatable bonds is 1. The molecule has 1 aromatic carbocycles. The molecule has 9 heteroatoms. The van der Waals surface area contributed by atoms with Gasteiger partial charge in [0.2, 0.25) is 0 Å². The van der Waals surface area contributed by atoms with E-state index in [1.165, 1.54) is 18.2 Å². The third kappa shape index (κ3) is 6.23. The van der Waals surface area contributed by atoms with Crippen molar-refractivity contribution >= 4 is 56.5 Å². The molecule has 7 nitrogen and oxygen atoms in total. The van der Waals surface area contributed by atoms with E-state index < -0.39 is 10.1 Å². The van der Waals surface area contributed by atoms with Gasteiger partial charge in [-0.2, -0.15) is 32.7 Å². The van der Waals surface area contributed by atoms with Crippen molar-refractivity contribution in [3.8, 4) is 0 Å². The Hall–Kier alpha value is -3.75. The summed E-state index contributed by atoms with van der Waals surface area (Å²) in [6.45, 7) is 0. The molecule has 35 heavy (non-hydrogen) atoms. The molecular formula is C26H19MnN4O3S-. The molecule has 0 amide bonds. The first-order valence-corrected chi connectivity index (χ1v) is 11.8. The summed E-state index contributed by atoms with van der Waals surface area (Å²) in [5, 5.41) is 0. The summed E-state index contributed by atoms with van der Waals surface area (Å²) in [6.07, 6.45) is 8.05. The maximum absolute atomic E-state index is 10.4. The number of benzene rings is 1. The summed E-state index contributed by atoms with van der Waals surface area (Å²) >= 11 is 0. The Morgan fingerprint density at radius 2 is 1.11 bits per heavy atom. The fourth-order valence-corrected chi connectivity index (χ4v) is 3.95. The number of fused-ring (bicyclic) bond motifs is 8. The molecule has 0 saturated heterocycles. The minimum atomic E-state index is -4.06. The van der Waals surface area contributed by atoms with Crippen LogP contribution in [0, 0.1) is 6.07 Å². The third-order valence-electron chi connectivity index (χ3n) is 5.00. The average Bonchev–Trinajstić information content (AvgIpc) is 3.60. The Labute approximate surface area is 212 Å². The van der Waals surface area contributed by atoms with Gasteiger partial charge >= 0.3 is 0 Å². The number of aromatic nitrogens is 4. The van der Waals surface area contributed by atoms with Gasteiger partial charge in [-0.25, -0.2) is 9.97 Å². The van der Waals surface area contributed by atoms with Crippen LogP contribution >= 0.6 is 0 Å². The molecule has 2 aliphatic rings. The second kappa shape index (κ2) is 10.2. The van der Waals surface area contributed by atoms with Crippen LogP contribution in [0.25, 0.3) is 46.4 Å². The zero-order valence-electron chi connectivity index (χ0n) is 18.2. The summed E-state index contributed by atoms with van der Waals surface area (Å²) in [5.41, 5.74) is 7.86. The van der Waals surface area contributed by atoms with Crippen LogP contribution in [-0.2, 0) is 27.2 Å². The Morgan fingerprint density at radius 3 is 1.51 bits per heavy atom. The number of nitrogens with zero attached hydrogens (tertiary/aromatic N) is 2. The standard InChI is InChI=1S/C20H14N4.C6H5O3S.Mn/c1-2-14-10-16-5-6-18(23-16)12-20-8-7-19(24-20)11-17-4-3-15(22-17)9-13(1)21-14;7-10(8,9)6-4-2-1-3-5-6;/h1-12,21-22H;1-4H,(H,7,8,9);/q;-1;.